The van der Waals surface area contributed by atoms with E-state index in [4.69, 9.17) is 9.47 Å². The first-order valence-electron chi connectivity index (χ1n) is 7.01. The van der Waals surface area contributed by atoms with Gasteiger partial charge in [-0.2, -0.15) is 0 Å². The Morgan fingerprint density at radius 3 is 2.65 bits per heavy atom. The average molecular weight is 274 g/mol. The van der Waals surface area contributed by atoms with Gasteiger partial charge in [-0.15, -0.1) is 0 Å². The summed E-state index contributed by atoms with van der Waals surface area (Å²) in [5, 5.41) is 0. The van der Waals surface area contributed by atoms with Gasteiger partial charge in [0.05, 0.1) is 13.0 Å². The largest absolute Gasteiger partial charge is 0.482 e. The molecule has 0 bridgehead atoms. The number of hydrogen-bond acceptors (Lipinski definition) is 3. The van der Waals surface area contributed by atoms with Crippen molar-refractivity contribution in [3.05, 3.63) is 34.4 Å². The lowest BCUT2D eigenvalue weighted by Gasteiger charge is -2.33. The number of esters is 1. The van der Waals surface area contributed by atoms with Crippen molar-refractivity contribution < 1.29 is 14.3 Å². The van der Waals surface area contributed by atoms with E-state index in [0.29, 0.717) is 6.61 Å². The van der Waals surface area contributed by atoms with E-state index in [1.165, 1.54) is 11.1 Å². The van der Waals surface area contributed by atoms with Crippen LogP contribution in [0.1, 0.15) is 42.5 Å². The molecule has 1 aromatic carbocycles. The molecule has 0 saturated carbocycles. The van der Waals surface area contributed by atoms with Crippen LogP contribution in [0.15, 0.2) is 12.1 Å². The number of carbonyl (C=O) groups excluding carboxylic acids is 1. The summed E-state index contributed by atoms with van der Waals surface area (Å²) < 4.78 is 11.2. The number of carbonyl (C=O) groups is 1. The van der Waals surface area contributed by atoms with Crippen LogP contribution in [0.5, 0.6) is 5.75 Å². The molecule has 3 nitrogen and oxygen atoms in total. The Kier molecular flexibility index (Phi) is 3.89. The first-order chi connectivity index (χ1) is 9.36. The number of ether oxygens (including phenoxy) is 2. The van der Waals surface area contributed by atoms with Gasteiger partial charge < -0.3 is 9.47 Å². The number of benzene rings is 1. The highest BCUT2D eigenvalue weighted by atomic mass is 16.5. The highest BCUT2D eigenvalue weighted by Gasteiger charge is 2.32. The molecule has 0 fully saturated rings. The maximum atomic E-state index is 11.7. The van der Waals surface area contributed by atoms with Crippen LogP contribution < -0.4 is 4.74 Å². The average Bonchev–Trinajstić information content (AvgIpc) is 2.35. The summed E-state index contributed by atoms with van der Waals surface area (Å²) in [5.74, 6) is 0.655. The smallest absolute Gasteiger partial charge is 0.310 e. The highest BCUT2D eigenvalue weighted by Crippen LogP contribution is 2.38. The molecule has 0 radical (unpaired) electrons. The Balaban J connectivity index is 2.33. The number of rotatable bonds is 3. The fourth-order valence-corrected chi connectivity index (χ4v) is 2.53. The number of aryl methyl sites for hydroxylation is 2. The van der Waals surface area contributed by atoms with Gasteiger partial charge in [0, 0.05) is 5.56 Å². The zero-order chi connectivity index (χ0) is 14.9. The number of hydrogen-bond donors (Lipinski definition) is 0. The molecule has 0 aromatic heterocycles. The van der Waals surface area contributed by atoms with Crippen molar-refractivity contribution in [2.45, 2.75) is 46.6 Å². The molecule has 2 rings (SSSR count). The Morgan fingerprint density at radius 2 is 2.00 bits per heavy atom. The highest BCUT2D eigenvalue weighted by molar-refractivity contribution is 5.74. The minimum absolute atomic E-state index is 0.225. The van der Waals surface area contributed by atoms with Crippen molar-refractivity contribution in [2.75, 3.05) is 6.61 Å². The standard InChI is InChI=1S/C17H22O3/c1-6-19-15(18)10-17(5)8-7-14-12(3)9-11(2)13(4)16(14)20-17/h7-9H,6,10H2,1-5H3. The Hall–Kier alpha value is -1.77. The fraction of sp³-hybridized carbons (Fsp3) is 0.471. The van der Waals surface area contributed by atoms with Crippen LogP contribution in [0.3, 0.4) is 0 Å². The van der Waals surface area contributed by atoms with E-state index in [1.807, 2.05) is 19.9 Å². The van der Waals surface area contributed by atoms with E-state index in [1.54, 1.807) is 0 Å². The van der Waals surface area contributed by atoms with Crippen LogP contribution in [0.2, 0.25) is 0 Å². The molecule has 0 N–H and O–H groups in total. The summed E-state index contributed by atoms with van der Waals surface area (Å²) in [6.07, 6.45) is 4.23. The molecule has 1 aromatic rings. The van der Waals surface area contributed by atoms with Crippen LogP contribution in [0, 0.1) is 20.8 Å². The molecule has 0 spiro atoms. The van der Waals surface area contributed by atoms with Crippen LogP contribution >= 0.6 is 0 Å². The summed E-state index contributed by atoms with van der Waals surface area (Å²) in [7, 11) is 0. The summed E-state index contributed by atoms with van der Waals surface area (Å²) in [6.45, 7) is 10.3. The summed E-state index contributed by atoms with van der Waals surface area (Å²) in [5.41, 5.74) is 4.00. The predicted molar refractivity (Wildman–Crippen MR) is 80.0 cm³/mol. The molecule has 108 valence electrons. The molecule has 1 aliphatic heterocycles. The lowest BCUT2D eigenvalue weighted by atomic mass is 9.92. The Labute approximate surface area is 120 Å². The van der Waals surface area contributed by atoms with E-state index >= 15 is 0 Å². The molecule has 1 heterocycles. The molecule has 1 aliphatic rings. The van der Waals surface area contributed by atoms with Crippen molar-refractivity contribution in [1.82, 2.24) is 0 Å². The minimum atomic E-state index is -0.635. The zero-order valence-corrected chi connectivity index (χ0v) is 12.9. The first-order valence-corrected chi connectivity index (χ1v) is 7.01. The van der Waals surface area contributed by atoms with Crippen molar-refractivity contribution in [3.63, 3.8) is 0 Å². The van der Waals surface area contributed by atoms with Gasteiger partial charge in [-0.05, 0) is 57.4 Å². The van der Waals surface area contributed by atoms with Crippen LogP contribution in [-0.2, 0) is 9.53 Å². The lowest BCUT2D eigenvalue weighted by Crippen LogP contribution is -2.35. The van der Waals surface area contributed by atoms with Gasteiger partial charge in [0.15, 0.2) is 0 Å². The fourth-order valence-electron chi connectivity index (χ4n) is 2.53. The molecule has 0 aliphatic carbocycles. The molecule has 1 unspecified atom stereocenters. The van der Waals surface area contributed by atoms with E-state index in [0.717, 1.165) is 16.9 Å². The van der Waals surface area contributed by atoms with Crippen molar-refractivity contribution in [1.29, 1.82) is 0 Å². The van der Waals surface area contributed by atoms with Gasteiger partial charge >= 0.3 is 5.97 Å². The second-order valence-corrected chi connectivity index (χ2v) is 5.61. The summed E-state index contributed by atoms with van der Waals surface area (Å²) in [6, 6.07) is 2.16. The van der Waals surface area contributed by atoms with E-state index in [9.17, 15) is 4.79 Å². The van der Waals surface area contributed by atoms with Crippen LogP contribution in [0.25, 0.3) is 6.08 Å². The predicted octanol–water partition coefficient (Wildman–Crippen LogP) is 3.73. The van der Waals surface area contributed by atoms with Crippen molar-refractivity contribution in [3.8, 4) is 5.75 Å². The van der Waals surface area contributed by atoms with Gasteiger partial charge in [-0.3, -0.25) is 4.79 Å². The normalized spacial score (nSPS) is 20.2. The van der Waals surface area contributed by atoms with Gasteiger partial charge in [0.1, 0.15) is 11.4 Å². The van der Waals surface area contributed by atoms with Gasteiger partial charge in [-0.25, -0.2) is 0 Å². The molecular weight excluding hydrogens is 252 g/mol. The summed E-state index contributed by atoms with van der Waals surface area (Å²) >= 11 is 0. The first kappa shape index (κ1) is 14.6. The van der Waals surface area contributed by atoms with Gasteiger partial charge in [0.2, 0.25) is 0 Å². The van der Waals surface area contributed by atoms with Crippen LogP contribution in [-0.4, -0.2) is 18.2 Å². The van der Waals surface area contributed by atoms with E-state index in [-0.39, 0.29) is 12.4 Å². The molecule has 1 atom stereocenters. The maximum absolute atomic E-state index is 11.7. The van der Waals surface area contributed by atoms with Crippen molar-refractivity contribution in [2.24, 2.45) is 0 Å². The van der Waals surface area contributed by atoms with Gasteiger partial charge in [-0.1, -0.05) is 12.1 Å². The second kappa shape index (κ2) is 5.31. The number of fused-ring (bicyclic) bond motifs is 1. The lowest BCUT2D eigenvalue weighted by molar-refractivity contribution is -0.146. The van der Waals surface area contributed by atoms with Crippen LogP contribution in [0.4, 0.5) is 0 Å². The van der Waals surface area contributed by atoms with Crippen molar-refractivity contribution >= 4 is 12.0 Å². The quantitative estimate of drug-likeness (QED) is 0.788. The third kappa shape index (κ3) is 2.72. The Bertz CT molecular complexity index is 572. The molecule has 0 amide bonds. The van der Waals surface area contributed by atoms with E-state index in [2.05, 4.69) is 32.9 Å². The molecular formula is C17H22O3. The van der Waals surface area contributed by atoms with Gasteiger partial charge in [0.25, 0.3) is 0 Å². The monoisotopic (exact) mass is 274 g/mol. The SMILES string of the molecule is CCOC(=O)CC1(C)C=Cc2c(C)cc(C)c(C)c2O1. The van der Waals surface area contributed by atoms with E-state index < -0.39 is 5.60 Å². The molecule has 3 heteroatoms. The zero-order valence-electron chi connectivity index (χ0n) is 12.9. The second-order valence-electron chi connectivity index (χ2n) is 5.61. The third-order valence-electron chi connectivity index (χ3n) is 3.77. The third-order valence-corrected chi connectivity index (χ3v) is 3.77. The molecule has 0 saturated heterocycles. The minimum Gasteiger partial charge on any atom is -0.482 e. The Morgan fingerprint density at radius 1 is 1.30 bits per heavy atom. The maximum Gasteiger partial charge on any atom is 0.310 e. The summed E-state index contributed by atoms with van der Waals surface area (Å²) in [4.78, 5) is 11.7. The topological polar surface area (TPSA) is 35.5 Å². The molecule has 20 heavy (non-hydrogen) atoms.